The molecule has 2 heterocycles. The molecule has 1 aromatic heterocycles. The summed E-state index contributed by atoms with van der Waals surface area (Å²) in [6.45, 7) is 1.24. The third-order valence-corrected chi connectivity index (χ3v) is 5.21. The zero-order valence-corrected chi connectivity index (χ0v) is 14.0. The summed E-state index contributed by atoms with van der Waals surface area (Å²) in [6.07, 6.45) is -0.521. The Morgan fingerprint density at radius 2 is 2.27 bits per heavy atom. The van der Waals surface area contributed by atoms with Crippen molar-refractivity contribution in [2.75, 3.05) is 17.6 Å². The molecule has 4 N–H and O–H groups in total. The van der Waals surface area contributed by atoms with Crippen molar-refractivity contribution in [3.05, 3.63) is 5.69 Å². The Bertz CT molecular complexity index is 570. The van der Waals surface area contributed by atoms with Gasteiger partial charge in [0.2, 0.25) is 11.8 Å². The van der Waals surface area contributed by atoms with E-state index >= 15 is 0 Å². The van der Waals surface area contributed by atoms with Crippen molar-refractivity contribution < 1.29 is 18.4 Å². The zero-order valence-electron chi connectivity index (χ0n) is 11.5. The second kappa shape index (κ2) is 7.53. The Balaban J connectivity index is 0.00000242. The number of anilines is 1. The maximum atomic E-state index is 13.0. The van der Waals surface area contributed by atoms with Crippen molar-refractivity contribution in [2.24, 2.45) is 5.73 Å². The smallest absolute Gasteiger partial charge is 0.262 e. The third kappa shape index (κ3) is 5.04. The molecule has 0 aromatic carbocycles. The summed E-state index contributed by atoms with van der Waals surface area (Å²) < 4.78 is 26.8. The Kier molecular flexibility index (Phi) is 6.53. The van der Waals surface area contributed by atoms with Crippen molar-refractivity contribution in [3.8, 4) is 0 Å². The summed E-state index contributed by atoms with van der Waals surface area (Å²) in [4.78, 5) is 26.7. The molecule has 22 heavy (non-hydrogen) atoms. The Morgan fingerprint density at radius 3 is 2.82 bits per heavy atom. The highest BCUT2D eigenvalue weighted by molar-refractivity contribution is 8.01. The van der Waals surface area contributed by atoms with Crippen LogP contribution in [0.4, 0.5) is 13.9 Å². The predicted molar refractivity (Wildman–Crippen MR) is 84.0 cm³/mol. The number of nitrogens with zero attached hydrogens (tertiary/aromatic N) is 1. The first-order chi connectivity index (χ1) is 9.77. The van der Waals surface area contributed by atoms with Crippen molar-refractivity contribution in [1.82, 2.24) is 10.3 Å². The van der Waals surface area contributed by atoms with E-state index in [-0.39, 0.29) is 18.2 Å². The molecule has 0 spiro atoms. The van der Waals surface area contributed by atoms with Gasteiger partial charge in [-0.1, -0.05) is 11.3 Å². The van der Waals surface area contributed by atoms with E-state index < -0.39 is 36.7 Å². The fourth-order valence-corrected chi connectivity index (χ4v) is 3.68. The molecule has 1 atom stereocenters. The van der Waals surface area contributed by atoms with Crippen molar-refractivity contribution >= 4 is 52.5 Å². The highest BCUT2D eigenvalue weighted by atomic mass is 35.5. The number of nitrogens with one attached hydrogen (secondary N) is 2. The van der Waals surface area contributed by atoms with Crippen LogP contribution in [0.3, 0.4) is 0 Å². The fourth-order valence-electron chi connectivity index (χ4n) is 1.80. The van der Waals surface area contributed by atoms with Gasteiger partial charge in [-0.05, 0) is 6.92 Å². The molecule has 0 bridgehead atoms. The summed E-state index contributed by atoms with van der Waals surface area (Å²) >= 11 is 2.41. The standard InChI is InChI=1S/C11H14F2N4O2S2.ClH/c1-5-9(20-3-7(14)18)21-10(16-5)17-8(19)6-2-11(12,13)4-15-6;/h6,15H,2-4H2,1H3,(H2,14,18)(H,16,17,19);1H. The molecule has 1 fully saturated rings. The van der Waals surface area contributed by atoms with Gasteiger partial charge in [-0.3, -0.25) is 14.9 Å². The van der Waals surface area contributed by atoms with Crippen LogP contribution in [0.2, 0.25) is 0 Å². The SMILES string of the molecule is Cc1nc(NC(=O)C2CC(F)(F)CN2)sc1SCC(N)=O.Cl. The Hall–Kier alpha value is -0.970. The number of primary amides is 1. The van der Waals surface area contributed by atoms with Gasteiger partial charge >= 0.3 is 0 Å². The van der Waals surface area contributed by atoms with Gasteiger partial charge < -0.3 is 11.1 Å². The van der Waals surface area contributed by atoms with Crippen LogP contribution in [0.25, 0.3) is 0 Å². The minimum absolute atomic E-state index is 0. The number of hydrogen-bond donors (Lipinski definition) is 3. The number of aryl methyl sites for hydroxylation is 1. The summed E-state index contributed by atoms with van der Waals surface area (Å²) in [5.41, 5.74) is 5.72. The molecule has 2 amide bonds. The maximum Gasteiger partial charge on any atom is 0.262 e. The van der Waals surface area contributed by atoms with Crippen LogP contribution >= 0.6 is 35.5 Å². The van der Waals surface area contributed by atoms with Crippen LogP contribution in [0, 0.1) is 6.92 Å². The monoisotopic (exact) mass is 372 g/mol. The van der Waals surface area contributed by atoms with E-state index in [1.54, 1.807) is 6.92 Å². The van der Waals surface area contributed by atoms with Gasteiger partial charge in [-0.15, -0.1) is 24.2 Å². The van der Waals surface area contributed by atoms with Crippen molar-refractivity contribution in [3.63, 3.8) is 0 Å². The van der Waals surface area contributed by atoms with E-state index in [2.05, 4.69) is 15.6 Å². The first-order valence-corrected chi connectivity index (χ1v) is 7.88. The second-order valence-corrected chi connectivity index (χ2v) is 6.87. The number of carbonyl (C=O) groups excluding carboxylic acids is 2. The third-order valence-electron chi connectivity index (χ3n) is 2.76. The van der Waals surface area contributed by atoms with Gasteiger partial charge in [0.05, 0.1) is 28.2 Å². The van der Waals surface area contributed by atoms with Gasteiger partial charge in [-0.2, -0.15) is 0 Å². The van der Waals surface area contributed by atoms with Gasteiger partial charge in [0.25, 0.3) is 5.92 Å². The lowest BCUT2D eigenvalue weighted by molar-refractivity contribution is -0.118. The average Bonchev–Trinajstić information content (AvgIpc) is 2.89. The summed E-state index contributed by atoms with van der Waals surface area (Å²) in [5.74, 6) is -3.72. The highest BCUT2D eigenvalue weighted by Gasteiger charge is 2.42. The van der Waals surface area contributed by atoms with Crippen molar-refractivity contribution in [2.45, 2.75) is 29.5 Å². The number of amides is 2. The lowest BCUT2D eigenvalue weighted by atomic mass is 10.2. The summed E-state index contributed by atoms with van der Waals surface area (Å²) in [5, 5.41) is 5.31. The minimum Gasteiger partial charge on any atom is -0.369 e. The maximum absolute atomic E-state index is 13.0. The topological polar surface area (TPSA) is 97.1 Å². The molecule has 0 aliphatic carbocycles. The molecular weight excluding hydrogens is 358 g/mol. The first kappa shape index (κ1) is 19.1. The lowest BCUT2D eigenvalue weighted by Crippen LogP contribution is -2.35. The first-order valence-electron chi connectivity index (χ1n) is 6.07. The Labute approximate surface area is 140 Å². The molecule has 124 valence electrons. The Morgan fingerprint density at radius 1 is 1.59 bits per heavy atom. The van der Waals surface area contributed by atoms with Gasteiger partial charge in [0, 0.05) is 6.42 Å². The molecule has 1 aliphatic rings. The molecule has 2 rings (SSSR count). The van der Waals surface area contributed by atoms with Gasteiger partial charge in [0.15, 0.2) is 5.13 Å². The van der Waals surface area contributed by atoms with Crippen LogP contribution in [0.15, 0.2) is 4.21 Å². The van der Waals surface area contributed by atoms with E-state index in [1.807, 2.05) is 0 Å². The van der Waals surface area contributed by atoms with E-state index in [1.165, 1.54) is 23.1 Å². The number of thioether (sulfide) groups is 1. The van der Waals surface area contributed by atoms with Crippen LogP contribution in [0.5, 0.6) is 0 Å². The van der Waals surface area contributed by atoms with Crippen LogP contribution in [0.1, 0.15) is 12.1 Å². The molecule has 1 aliphatic heterocycles. The summed E-state index contributed by atoms with van der Waals surface area (Å²) in [6, 6.07) is -0.925. The molecule has 6 nitrogen and oxygen atoms in total. The molecular formula is C11H15ClF2N4O2S2. The molecule has 1 saturated heterocycles. The molecule has 0 saturated carbocycles. The van der Waals surface area contributed by atoms with E-state index in [9.17, 15) is 18.4 Å². The van der Waals surface area contributed by atoms with Crippen molar-refractivity contribution in [1.29, 1.82) is 0 Å². The molecule has 1 unspecified atom stereocenters. The van der Waals surface area contributed by atoms with Gasteiger partial charge in [-0.25, -0.2) is 13.8 Å². The number of carbonyl (C=O) groups is 2. The number of thiazole rings is 1. The number of alkyl halides is 2. The van der Waals surface area contributed by atoms with Crippen LogP contribution in [-0.4, -0.2) is 41.1 Å². The fraction of sp³-hybridized carbons (Fsp3) is 0.545. The van der Waals surface area contributed by atoms with Gasteiger partial charge in [0.1, 0.15) is 0 Å². The van der Waals surface area contributed by atoms with E-state index in [4.69, 9.17) is 5.73 Å². The number of aromatic nitrogens is 1. The summed E-state index contributed by atoms with van der Waals surface area (Å²) in [7, 11) is 0. The largest absolute Gasteiger partial charge is 0.369 e. The van der Waals surface area contributed by atoms with Crippen LogP contribution in [-0.2, 0) is 9.59 Å². The lowest BCUT2D eigenvalue weighted by Gasteiger charge is -2.08. The van der Waals surface area contributed by atoms with E-state index in [0.717, 1.165) is 4.21 Å². The molecule has 1 aromatic rings. The van der Waals surface area contributed by atoms with E-state index in [0.29, 0.717) is 10.8 Å². The predicted octanol–water partition coefficient (Wildman–Crippen LogP) is 1.39. The number of nitrogens with two attached hydrogens (primary N) is 1. The second-order valence-electron chi connectivity index (χ2n) is 4.63. The highest BCUT2D eigenvalue weighted by Crippen LogP contribution is 2.32. The number of halogens is 3. The molecule has 0 radical (unpaired) electrons. The zero-order chi connectivity index (χ0) is 15.6. The normalized spacial score (nSPS) is 19.5. The van der Waals surface area contributed by atoms with Crippen LogP contribution < -0.4 is 16.4 Å². The quantitative estimate of drug-likeness (QED) is 0.678. The minimum atomic E-state index is -2.86. The molecule has 11 heteroatoms. The number of rotatable bonds is 5. The average molecular weight is 373 g/mol. The number of hydrogen-bond acceptors (Lipinski definition) is 6.